The predicted molar refractivity (Wildman–Crippen MR) is 46.6 cm³/mol. The van der Waals surface area contributed by atoms with Gasteiger partial charge >= 0.3 is 23.9 Å². The Bertz CT molecular complexity index is 681. The number of esters is 1. The smallest absolute Gasteiger partial charge is 0.418 e. The van der Waals surface area contributed by atoms with Gasteiger partial charge in [0.15, 0.2) is 23.3 Å². The number of cyclic esters (lactones) is 1. The van der Waals surface area contributed by atoms with E-state index in [0.717, 1.165) is 0 Å². The van der Waals surface area contributed by atoms with E-state index >= 15 is 0 Å². The number of aliphatic hydroxyl groups is 1. The highest BCUT2D eigenvalue weighted by atomic mass is 19.4. The molecular formula is C10HF9O3. The monoisotopic (exact) mass is 340 g/mol. The Morgan fingerprint density at radius 3 is 1.77 bits per heavy atom. The molecule has 0 spiro atoms. The Labute approximate surface area is 113 Å². The third kappa shape index (κ3) is 1.72. The van der Waals surface area contributed by atoms with Crippen molar-refractivity contribution in [3.63, 3.8) is 0 Å². The molecule has 0 aromatic heterocycles. The van der Waals surface area contributed by atoms with Crippen molar-refractivity contribution in [2.75, 3.05) is 0 Å². The summed E-state index contributed by atoms with van der Waals surface area (Å²) in [5.74, 6) is -24.7. The zero-order chi connectivity index (χ0) is 17.2. The van der Waals surface area contributed by atoms with Crippen molar-refractivity contribution in [2.45, 2.75) is 17.9 Å². The quantitative estimate of drug-likeness (QED) is 0.370. The molecule has 0 saturated heterocycles. The predicted octanol–water partition coefficient (Wildman–Crippen LogP) is 2.76. The minimum atomic E-state index is -6.59. The number of benzene rings is 1. The largest absolute Gasteiger partial charge is 0.460 e. The van der Waals surface area contributed by atoms with Crippen molar-refractivity contribution >= 4 is 5.97 Å². The van der Waals surface area contributed by atoms with Crippen molar-refractivity contribution in [1.29, 1.82) is 0 Å². The van der Waals surface area contributed by atoms with Gasteiger partial charge in [0.05, 0.1) is 5.56 Å². The Morgan fingerprint density at radius 2 is 1.32 bits per heavy atom. The fraction of sp³-hybridized carbons (Fsp3) is 0.300. The van der Waals surface area contributed by atoms with Crippen molar-refractivity contribution in [3.8, 4) is 0 Å². The van der Waals surface area contributed by atoms with Crippen LogP contribution < -0.4 is 0 Å². The molecule has 0 fully saturated rings. The number of hydrogen-bond acceptors (Lipinski definition) is 3. The van der Waals surface area contributed by atoms with Crippen LogP contribution in [0.1, 0.15) is 15.9 Å². The number of halogens is 9. The highest BCUT2D eigenvalue weighted by Gasteiger charge is 2.77. The molecular weight excluding hydrogens is 339 g/mol. The first-order valence-electron chi connectivity index (χ1n) is 5.04. The summed E-state index contributed by atoms with van der Waals surface area (Å²) in [7, 11) is 0. The van der Waals surface area contributed by atoms with Gasteiger partial charge in [0.2, 0.25) is 0 Å². The fourth-order valence-corrected chi connectivity index (χ4v) is 1.79. The molecule has 0 radical (unpaired) electrons. The molecule has 0 amide bonds. The Hall–Kier alpha value is -1.98. The van der Waals surface area contributed by atoms with Crippen LogP contribution in [0.2, 0.25) is 0 Å². The summed E-state index contributed by atoms with van der Waals surface area (Å²) in [6.45, 7) is 0. The van der Waals surface area contributed by atoms with E-state index < -0.39 is 58.3 Å². The number of fused-ring (bicyclic) bond motifs is 1. The van der Waals surface area contributed by atoms with Gasteiger partial charge in [-0.15, -0.1) is 0 Å². The normalized spacial score (nSPS) is 21.8. The Morgan fingerprint density at radius 1 is 0.864 bits per heavy atom. The summed E-state index contributed by atoms with van der Waals surface area (Å²) in [6.07, 6.45) is -6.59. The van der Waals surface area contributed by atoms with Crippen LogP contribution in [0.15, 0.2) is 0 Å². The standard InChI is InChI=1S/C10HF9O3/c11-3-1-2(4(12)6(14)5(3)13)8(21,22-7(1)20)9(15,16)10(17,18)19/h21H. The van der Waals surface area contributed by atoms with Gasteiger partial charge in [0, 0.05) is 0 Å². The van der Waals surface area contributed by atoms with Gasteiger partial charge in [-0.1, -0.05) is 0 Å². The summed E-state index contributed by atoms with van der Waals surface area (Å²) in [6, 6.07) is 0. The molecule has 1 aromatic rings. The second-order valence-electron chi connectivity index (χ2n) is 4.11. The van der Waals surface area contributed by atoms with E-state index in [0.29, 0.717) is 0 Å². The number of hydrogen-bond donors (Lipinski definition) is 1. The maximum atomic E-state index is 13.5. The van der Waals surface area contributed by atoms with Gasteiger partial charge in [-0.2, -0.15) is 22.0 Å². The molecule has 1 aliphatic rings. The molecule has 1 unspecified atom stereocenters. The van der Waals surface area contributed by atoms with Crippen LogP contribution in [0, 0.1) is 23.3 Å². The van der Waals surface area contributed by atoms with Crippen molar-refractivity contribution in [3.05, 3.63) is 34.4 Å². The van der Waals surface area contributed by atoms with Crippen LogP contribution in [0.25, 0.3) is 0 Å². The van der Waals surface area contributed by atoms with Crippen molar-refractivity contribution < 1.29 is 54.2 Å². The second-order valence-corrected chi connectivity index (χ2v) is 4.11. The lowest BCUT2D eigenvalue weighted by molar-refractivity contribution is -0.396. The Balaban J connectivity index is 2.89. The Kier molecular flexibility index (Phi) is 3.18. The number of carbonyl (C=O) groups is 1. The molecule has 1 heterocycles. The second kappa shape index (κ2) is 4.27. The van der Waals surface area contributed by atoms with Crippen molar-refractivity contribution in [2.24, 2.45) is 0 Å². The zero-order valence-electron chi connectivity index (χ0n) is 9.67. The molecule has 0 bridgehead atoms. The highest BCUT2D eigenvalue weighted by molar-refractivity contribution is 5.95. The lowest BCUT2D eigenvalue weighted by atomic mass is 9.95. The van der Waals surface area contributed by atoms with E-state index in [-0.39, 0.29) is 0 Å². The number of rotatable bonds is 1. The summed E-state index contributed by atoms with van der Waals surface area (Å²) in [5, 5.41) is 9.29. The van der Waals surface area contributed by atoms with Crippen LogP contribution in [-0.2, 0) is 10.5 Å². The molecule has 1 aliphatic heterocycles. The molecule has 12 heteroatoms. The lowest BCUT2D eigenvalue weighted by Gasteiger charge is -2.32. The third-order valence-corrected chi connectivity index (χ3v) is 2.83. The highest BCUT2D eigenvalue weighted by Crippen LogP contribution is 2.54. The summed E-state index contributed by atoms with van der Waals surface area (Å²) in [5.41, 5.74) is -4.57. The first-order chi connectivity index (χ1) is 9.77. The van der Waals surface area contributed by atoms with E-state index in [1.165, 1.54) is 0 Å². The first-order valence-corrected chi connectivity index (χ1v) is 5.04. The number of alkyl halides is 5. The van der Waals surface area contributed by atoms with E-state index in [4.69, 9.17) is 0 Å². The van der Waals surface area contributed by atoms with E-state index in [9.17, 15) is 49.4 Å². The summed E-state index contributed by atoms with van der Waals surface area (Å²) < 4.78 is 119. The van der Waals surface area contributed by atoms with Crippen LogP contribution in [0.5, 0.6) is 0 Å². The molecule has 0 aliphatic carbocycles. The van der Waals surface area contributed by atoms with Crippen molar-refractivity contribution in [1.82, 2.24) is 0 Å². The topological polar surface area (TPSA) is 46.5 Å². The van der Waals surface area contributed by atoms with Crippen LogP contribution >= 0.6 is 0 Å². The minimum absolute atomic E-state index is 2.09. The average molecular weight is 340 g/mol. The van der Waals surface area contributed by atoms with Gasteiger partial charge in [0.25, 0.3) is 0 Å². The van der Waals surface area contributed by atoms with E-state index in [1.54, 1.807) is 0 Å². The van der Waals surface area contributed by atoms with E-state index in [2.05, 4.69) is 4.74 Å². The molecule has 1 aromatic carbocycles. The molecule has 1 N–H and O–H groups in total. The summed E-state index contributed by atoms with van der Waals surface area (Å²) >= 11 is 0. The SMILES string of the molecule is O=C1OC(O)(C(F)(F)C(F)(F)F)c2c(F)c(F)c(F)c(F)c21. The van der Waals surface area contributed by atoms with Gasteiger partial charge in [-0.05, 0) is 0 Å². The number of ether oxygens (including phenoxy) is 1. The molecule has 1 atom stereocenters. The summed E-state index contributed by atoms with van der Waals surface area (Å²) in [4.78, 5) is 11.1. The van der Waals surface area contributed by atoms with Crippen LogP contribution in [-0.4, -0.2) is 23.2 Å². The fourth-order valence-electron chi connectivity index (χ4n) is 1.79. The van der Waals surface area contributed by atoms with Crippen LogP contribution in [0.3, 0.4) is 0 Å². The minimum Gasteiger partial charge on any atom is -0.418 e. The molecule has 122 valence electrons. The maximum absolute atomic E-state index is 13.5. The number of carbonyl (C=O) groups excluding carboxylic acids is 1. The molecule has 22 heavy (non-hydrogen) atoms. The van der Waals surface area contributed by atoms with Gasteiger partial charge in [-0.3, -0.25) is 0 Å². The van der Waals surface area contributed by atoms with Gasteiger partial charge in [0.1, 0.15) is 5.56 Å². The third-order valence-electron chi connectivity index (χ3n) is 2.83. The maximum Gasteiger partial charge on any atom is 0.460 e. The average Bonchev–Trinajstić information content (AvgIpc) is 2.65. The molecule has 0 saturated carbocycles. The van der Waals surface area contributed by atoms with E-state index in [1.807, 2.05) is 0 Å². The zero-order valence-corrected chi connectivity index (χ0v) is 9.67. The van der Waals surface area contributed by atoms with Crippen LogP contribution in [0.4, 0.5) is 39.5 Å². The lowest BCUT2D eigenvalue weighted by Crippen LogP contribution is -2.55. The van der Waals surface area contributed by atoms with Gasteiger partial charge in [-0.25, -0.2) is 22.4 Å². The first kappa shape index (κ1) is 16.4. The van der Waals surface area contributed by atoms with Gasteiger partial charge < -0.3 is 9.84 Å². The molecule has 3 nitrogen and oxygen atoms in total. The molecule has 2 rings (SSSR count).